The third kappa shape index (κ3) is 3.10. The summed E-state index contributed by atoms with van der Waals surface area (Å²) in [6, 6.07) is 4.39. The lowest BCUT2D eigenvalue weighted by molar-refractivity contribution is -0.385. The number of carbonyl (C=O) groups excluding carboxylic acids is 1. The molecule has 2 atom stereocenters. The number of nitro benzene ring substituents is 1. The molecule has 102 valence electrons. The van der Waals surface area contributed by atoms with Gasteiger partial charge in [-0.3, -0.25) is 14.9 Å². The summed E-state index contributed by atoms with van der Waals surface area (Å²) in [5.74, 6) is -0.292. The number of hydrogen-bond donors (Lipinski definition) is 1. The molecule has 0 bridgehead atoms. The van der Waals surface area contributed by atoms with Crippen molar-refractivity contribution in [3.63, 3.8) is 0 Å². The van der Waals surface area contributed by atoms with Gasteiger partial charge in [0.15, 0.2) is 0 Å². The highest BCUT2D eigenvalue weighted by molar-refractivity contribution is 9.10. The van der Waals surface area contributed by atoms with Crippen molar-refractivity contribution in [1.82, 2.24) is 0 Å². The van der Waals surface area contributed by atoms with E-state index in [4.69, 9.17) is 4.74 Å². The highest BCUT2D eigenvalue weighted by Crippen LogP contribution is 2.28. The summed E-state index contributed by atoms with van der Waals surface area (Å²) < 4.78 is 5.68. The Bertz CT molecular complexity index is 520. The number of benzene rings is 1. The zero-order chi connectivity index (χ0) is 14.0. The monoisotopic (exact) mass is 328 g/mol. The number of hydrogen-bond acceptors (Lipinski definition) is 4. The van der Waals surface area contributed by atoms with Crippen molar-refractivity contribution in [1.29, 1.82) is 0 Å². The molecule has 0 radical (unpaired) electrons. The highest BCUT2D eigenvalue weighted by atomic mass is 79.9. The van der Waals surface area contributed by atoms with E-state index in [-0.39, 0.29) is 23.6 Å². The number of halogens is 1. The molecular formula is C12H13BrN2O4. The molecule has 1 fully saturated rings. The number of anilines is 1. The maximum atomic E-state index is 12.0. The van der Waals surface area contributed by atoms with E-state index in [9.17, 15) is 14.9 Å². The number of carbonyl (C=O) groups is 1. The van der Waals surface area contributed by atoms with Crippen molar-refractivity contribution >= 4 is 33.2 Å². The number of nitrogens with one attached hydrogen (secondary N) is 1. The van der Waals surface area contributed by atoms with E-state index < -0.39 is 4.92 Å². The van der Waals surface area contributed by atoms with Crippen molar-refractivity contribution in [2.45, 2.75) is 19.4 Å². The minimum atomic E-state index is -0.484. The molecule has 19 heavy (non-hydrogen) atoms. The van der Waals surface area contributed by atoms with Gasteiger partial charge in [-0.15, -0.1) is 0 Å². The number of ether oxygens (including phenoxy) is 1. The lowest BCUT2D eigenvalue weighted by Gasteiger charge is -2.14. The topological polar surface area (TPSA) is 81.5 Å². The first-order chi connectivity index (χ1) is 8.99. The highest BCUT2D eigenvalue weighted by Gasteiger charge is 2.30. The quantitative estimate of drug-likeness (QED) is 0.683. The Morgan fingerprint density at radius 2 is 2.32 bits per heavy atom. The smallest absolute Gasteiger partial charge is 0.283 e. The third-order valence-electron chi connectivity index (χ3n) is 3.12. The predicted octanol–water partition coefficient (Wildman–Crippen LogP) is 2.72. The third-order valence-corrected chi connectivity index (χ3v) is 3.76. The molecule has 0 unspecified atom stereocenters. The number of nitrogens with zero attached hydrogens (tertiary/aromatic N) is 1. The Hall–Kier alpha value is -1.47. The Labute approximate surface area is 118 Å². The Balaban J connectivity index is 2.09. The van der Waals surface area contributed by atoms with Crippen LogP contribution in [0.4, 0.5) is 11.4 Å². The van der Waals surface area contributed by atoms with Crippen LogP contribution in [-0.4, -0.2) is 23.5 Å². The zero-order valence-electron chi connectivity index (χ0n) is 10.3. The second kappa shape index (κ2) is 5.66. The van der Waals surface area contributed by atoms with Crippen LogP contribution < -0.4 is 5.32 Å². The van der Waals surface area contributed by atoms with Crippen LogP contribution >= 0.6 is 15.9 Å². The minimum Gasteiger partial charge on any atom is -0.378 e. The molecule has 0 spiro atoms. The van der Waals surface area contributed by atoms with Crippen molar-refractivity contribution in [2.24, 2.45) is 5.92 Å². The molecular weight excluding hydrogens is 316 g/mol. The summed E-state index contributed by atoms with van der Waals surface area (Å²) in [5, 5.41) is 13.4. The van der Waals surface area contributed by atoms with Gasteiger partial charge in [0.2, 0.25) is 5.91 Å². The van der Waals surface area contributed by atoms with Crippen LogP contribution in [-0.2, 0) is 9.53 Å². The SMILES string of the molecule is C[C@H]1OCC[C@H]1C(=O)Nc1ccc([N+](=O)[O-])c(Br)c1. The normalized spacial score (nSPS) is 22.2. The number of nitro groups is 1. The van der Waals surface area contributed by atoms with E-state index in [0.29, 0.717) is 23.2 Å². The van der Waals surface area contributed by atoms with Gasteiger partial charge in [-0.05, 0) is 41.4 Å². The summed E-state index contributed by atoms with van der Waals surface area (Å²) in [7, 11) is 0. The van der Waals surface area contributed by atoms with Gasteiger partial charge in [-0.2, -0.15) is 0 Å². The molecule has 0 saturated carbocycles. The average Bonchev–Trinajstić information content (AvgIpc) is 2.75. The van der Waals surface area contributed by atoms with Gasteiger partial charge in [0.05, 0.1) is 21.4 Å². The van der Waals surface area contributed by atoms with Crippen LogP contribution in [0.1, 0.15) is 13.3 Å². The fraction of sp³-hybridized carbons (Fsp3) is 0.417. The lowest BCUT2D eigenvalue weighted by Crippen LogP contribution is -2.27. The van der Waals surface area contributed by atoms with Gasteiger partial charge < -0.3 is 10.1 Å². The lowest BCUT2D eigenvalue weighted by atomic mass is 10.0. The maximum absolute atomic E-state index is 12.0. The van der Waals surface area contributed by atoms with Crippen LogP contribution in [0, 0.1) is 16.0 Å². The standard InChI is InChI=1S/C12H13BrN2O4/c1-7-9(4-5-19-7)12(16)14-8-2-3-11(15(17)18)10(13)6-8/h2-3,6-7,9H,4-5H2,1H3,(H,14,16)/t7-,9-/m1/s1. The Morgan fingerprint density at radius 3 is 2.84 bits per heavy atom. The first-order valence-corrected chi connectivity index (χ1v) is 6.64. The van der Waals surface area contributed by atoms with E-state index in [0.717, 1.165) is 0 Å². The van der Waals surface area contributed by atoms with E-state index in [1.807, 2.05) is 6.92 Å². The fourth-order valence-electron chi connectivity index (χ4n) is 2.04. The van der Waals surface area contributed by atoms with Crippen molar-refractivity contribution in [2.75, 3.05) is 11.9 Å². The van der Waals surface area contributed by atoms with Gasteiger partial charge >= 0.3 is 0 Å². The number of amides is 1. The second-order valence-corrected chi connectivity index (χ2v) is 5.24. The van der Waals surface area contributed by atoms with Gasteiger partial charge in [0.1, 0.15) is 0 Å². The summed E-state index contributed by atoms with van der Waals surface area (Å²) in [6.07, 6.45) is 0.600. The average molecular weight is 329 g/mol. The largest absolute Gasteiger partial charge is 0.378 e. The first-order valence-electron chi connectivity index (χ1n) is 5.85. The first kappa shape index (κ1) is 14.0. The van der Waals surface area contributed by atoms with Crippen molar-refractivity contribution in [3.05, 3.63) is 32.8 Å². The minimum absolute atomic E-state index is 0.0319. The Morgan fingerprint density at radius 1 is 1.58 bits per heavy atom. The molecule has 6 nitrogen and oxygen atoms in total. The second-order valence-electron chi connectivity index (χ2n) is 4.38. The van der Waals surface area contributed by atoms with Gasteiger partial charge in [-0.25, -0.2) is 0 Å². The fourth-order valence-corrected chi connectivity index (χ4v) is 2.57. The van der Waals surface area contributed by atoms with Gasteiger partial charge in [-0.1, -0.05) is 0 Å². The summed E-state index contributed by atoms with van der Waals surface area (Å²) in [4.78, 5) is 22.2. The van der Waals surface area contributed by atoms with E-state index >= 15 is 0 Å². The zero-order valence-corrected chi connectivity index (χ0v) is 11.8. The van der Waals surface area contributed by atoms with Crippen LogP contribution in [0.25, 0.3) is 0 Å². The molecule has 1 aromatic rings. The van der Waals surface area contributed by atoms with E-state index in [1.165, 1.54) is 18.2 Å². The summed E-state index contributed by atoms with van der Waals surface area (Å²) in [6.45, 7) is 2.45. The Kier molecular flexibility index (Phi) is 4.16. The van der Waals surface area contributed by atoms with E-state index in [1.54, 1.807) is 0 Å². The summed E-state index contributed by atoms with van der Waals surface area (Å²) >= 11 is 3.12. The van der Waals surface area contributed by atoms with Crippen LogP contribution in [0.2, 0.25) is 0 Å². The summed E-state index contributed by atoms with van der Waals surface area (Å²) in [5.41, 5.74) is 0.497. The van der Waals surface area contributed by atoms with Gasteiger partial charge in [0.25, 0.3) is 5.69 Å². The maximum Gasteiger partial charge on any atom is 0.283 e. The van der Waals surface area contributed by atoms with E-state index in [2.05, 4.69) is 21.2 Å². The van der Waals surface area contributed by atoms with Crippen molar-refractivity contribution < 1.29 is 14.5 Å². The molecule has 0 aliphatic carbocycles. The molecule has 1 heterocycles. The molecule has 2 rings (SSSR count). The van der Waals surface area contributed by atoms with Crippen LogP contribution in [0.3, 0.4) is 0 Å². The molecule has 1 amide bonds. The molecule has 1 saturated heterocycles. The molecule has 0 aromatic heterocycles. The molecule has 1 aliphatic heterocycles. The van der Waals surface area contributed by atoms with Gasteiger partial charge in [0, 0.05) is 18.4 Å². The van der Waals surface area contributed by atoms with Crippen LogP contribution in [0.15, 0.2) is 22.7 Å². The molecule has 7 heteroatoms. The molecule has 1 N–H and O–H groups in total. The molecule has 1 aromatic carbocycles. The van der Waals surface area contributed by atoms with Crippen molar-refractivity contribution in [3.8, 4) is 0 Å². The molecule has 1 aliphatic rings. The number of rotatable bonds is 3. The predicted molar refractivity (Wildman–Crippen MR) is 72.9 cm³/mol. The van der Waals surface area contributed by atoms with Crippen LogP contribution in [0.5, 0.6) is 0 Å².